The van der Waals surface area contributed by atoms with Gasteiger partial charge in [-0.25, -0.2) is 0 Å². The molecule has 0 spiro atoms. The number of nitro benzene ring substituents is 1. The number of ether oxygens (including phenoxy) is 3. The van der Waals surface area contributed by atoms with Crippen molar-refractivity contribution in [3.05, 3.63) is 56.0 Å². The fraction of sp³-hybridized carbons (Fsp3) is 0.133. The number of aldehydes is 1. The Morgan fingerprint density at radius 1 is 1.26 bits per heavy atom. The molecule has 0 bridgehead atoms. The summed E-state index contributed by atoms with van der Waals surface area (Å²) in [6, 6.07) is 7.42. The minimum absolute atomic E-state index is 0.121. The van der Waals surface area contributed by atoms with Crippen LogP contribution in [-0.2, 0) is 6.61 Å². The molecule has 2 aromatic carbocycles. The quantitative estimate of drug-likeness (QED) is 0.448. The Hall–Kier alpha value is -2.61. The molecular weight excluding hydrogens is 370 g/mol. The molecule has 0 aliphatic carbocycles. The Morgan fingerprint density at radius 2 is 2.00 bits per heavy atom. The lowest BCUT2D eigenvalue weighted by Crippen LogP contribution is -2.00. The number of nitro groups is 1. The highest BCUT2D eigenvalue weighted by Gasteiger charge is 2.17. The number of non-ortho nitro benzene ring substituents is 1. The second-order valence-corrected chi connectivity index (χ2v) is 5.54. The number of hydrogen-bond acceptors (Lipinski definition) is 6. The van der Waals surface area contributed by atoms with Crippen molar-refractivity contribution in [2.45, 2.75) is 6.61 Å². The third-order valence-corrected chi connectivity index (χ3v) is 3.99. The third kappa shape index (κ3) is 3.11. The average Bonchev–Trinajstić information content (AvgIpc) is 2.99. The van der Waals surface area contributed by atoms with E-state index in [1.807, 2.05) is 0 Å². The minimum Gasteiger partial charge on any atom is -0.488 e. The average molecular weight is 380 g/mol. The maximum atomic E-state index is 11.1. The molecule has 118 valence electrons. The molecule has 1 aliphatic rings. The van der Waals surface area contributed by atoms with Crippen LogP contribution in [0.1, 0.15) is 15.9 Å². The van der Waals surface area contributed by atoms with Gasteiger partial charge in [0.1, 0.15) is 12.4 Å². The van der Waals surface area contributed by atoms with Crippen LogP contribution in [0.25, 0.3) is 0 Å². The van der Waals surface area contributed by atoms with Crippen molar-refractivity contribution < 1.29 is 23.9 Å². The van der Waals surface area contributed by atoms with Gasteiger partial charge in [0.05, 0.1) is 10.5 Å². The lowest BCUT2D eigenvalue weighted by atomic mass is 10.2. The van der Waals surface area contributed by atoms with Crippen LogP contribution in [0, 0.1) is 10.1 Å². The summed E-state index contributed by atoms with van der Waals surface area (Å²) in [6.07, 6.45) is 0.525. The van der Waals surface area contributed by atoms with E-state index in [9.17, 15) is 14.9 Å². The first kappa shape index (κ1) is 15.3. The summed E-state index contributed by atoms with van der Waals surface area (Å²) in [7, 11) is 0. The maximum absolute atomic E-state index is 11.1. The van der Waals surface area contributed by atoms with E-state index >= 15 is 0 Å². The van der Waals surface area contributed by atoms with Crippen LogP contribution in [0.3, 0.4) is 0 Å². The maximum Gasteiger partial charge on any atom is 0.270 e. The zero-order valence-corrected chi connectivity index (χ0v) is 13.2. The van der Waals surface area contributed by atoms with E-state index in [1.54, 1.807) is 12.1 Å². The summed E-state index contributed by atoms with van der Waals surface area (Å²) in [5, 5.41) is 10.7. The summed E-state index contributed by atoms with van der Waals surface area (Å²) in [5.41, 5.74) is 0.754. The number of carbonyl (C=O) groups excluding carboxylic acids is 1. The van der Waals surface area contributed by atoms with Crippen LogP contribution in [0.4, 0.5) is 5.69 Å². The predicted octanol–water partition coefficient (Wildman–Crippen LogP) is 3.48. The first-order chi connectivity index (χ1) is 11.1. The predicted molar refractivity (Wildman–Crippen MR) is 83.1 cm³/mol. The number of rotatable bonds is 5. The van der Waals surface area contributed by atoms with Crippen molar-refractivity contribution in [3.63, 3.8) is 0 Å². The smallest absolute Gasteiger partial charge is 0.270 e. The van der Waals surface area contributed by atoms with Crippen molar-refractivity contribution >= 4 is 27.9 Å². The zero-order valence-electron chi connectivity index (χ0n) is 11.7. The molecule has 0 amide bonds. The summed E-state index contributed by atoms with van der Waals surface area (Å²) in [5.74, 6) is 1.53. The van der Waals surface area contributed by atoms with Crippen molar-refractivity contribution in [2.24, 2.45) is 0 Å². The monoisotopic (exact) mass is 379 g/mol. The molecule has 0 unspecified atom stereocenters. The van der Waals surface area contributed by atoms with Crippen molar-refractivity contribution in [3.8, 4) is 17.2 Å². The van der Waals surface area contributed by atoms with Gasteiger partial charge in [0, 0.05) is 22.2 Å². The number of halogens is 1. The van der Waals surface area contributed by atoms with Gasteiger partial charge in [-0.15, -0.1) is 0 Å². The van der Waals surface area contributed by atoms with Gasteiger partial charge in [0.25, 0.3) is 5.69 Å². The zero-order chi connectivity index (χ0) is 16.4. The lowest BCUT2D eigenvalue weighted by Gasteiger charge is -2.10. The highest BCUT2D eigenvalue weighted by Crippen LogP contribution is 2.37. The third-order valence-electron chi connectivity index (χ3n) is 3.26. The standard InChI is InChI=1S/C15H10BrNO6/c16-12-5-15-14(22-8-23-15)4-10(12)7-21-13-2-1-11(17(19)20)3-9(13)6-18/h1-6H,7-8H2. The molecule has 1 heterocycles. The molecule has 3 rings (SSSR count). The van der Waals surface area contributed by atoms with Crippen LogP contribution in [-0.4, -0.2) is 18.0 Å². The van der Waals surface area contributed by atoms with Gasteiger partial charge in [0.15, 0.2) is 17.8 Å². The fourth-order valence-corrected chi connectivity index (χ4v) is 2.54. The van der Waals surface area contributed by atoms with E-state index < -0.39 is 4.92 Å². The van der Waals surface area contributed by atoms with Gasteiger partial charge >= 0.3 is 0 Å². The molecule has 0 fully saturated rings. The SMILES string of the molecule is O=Cc1cc([N+](=O)[O-])ccc1OCc1cc2c(cc1Br)OCO2. The largest absolute Gasteiger partial charge is 0.488 e. The van der Waals surface area contributed by atoms with Crippen molar-refractivity contribution in [1.29, 1.82) is 0 Å². The molecule has 7 nitrogen and oxygen atoms in total. The molecule has 0 saturated heterocycles. The Labute approximate surface area is 139 Å². The molecule has 0 atom stereocenters. The summed E-state index contributed by atoms with van der Waals surface area (Å²) >= 11 is 3.42. The molecule has 0 radical (unpaired) electrons. The van der Waals surface area contributed by atoms with Crippen LogP contribution < -0.4 is 14.2 Å². The van der Waals surface area contributed by atoms with Crippen LogP contribution >= 0.6 is 15.9 Å². The van der Waals surface area contributed by atoms with E-state index in [4.69, 9.17) is 14.2 Å². The van der Waals surface area contributed by atoms with E-state index in [-0.39, 0.29) is 30.4 Å². The summed E-state index contributed by atoms with van der Waals surface area (Å²) < 4.78 is 17.0. The molecule has 2 aromatic rings. The Balaban J connectivity index is 1.81. The van der Waals surface area contributed by atoms with E-state index in [0.29, 0.717) is 17.8 Å². The number of fused-ring (bicyclic) bond motifs is 1. The summed E-state index contributed by atoms with van der Waals surface area (Å²) in [6.45, 7) is 0.333. The molecular formula is C15H10BrNO6. The van der Waals surface area contributed by atoms with Crippen LogP contribution in [0.15, 0.2) is 34.8 Å². The second-order valence-electron chi connectivity index (χ2n) is 4.68. The first-order valence-corrected chi connectivity index (χ1v) is 7.32. The Bertz CT molecular complexity index is 792. The molecule has 1 aliphatic heterocycles. The number of carbonyl (C=O) groups is 1. The summed E-state index contributed by atoms with van der Waals surface area (Å²) in [4.78, 5) is 21.3. The highest BCUT2D eigenvalue weighted by atomic mass is 79.9. The molecule has 8 heteroatoms. The highest BCUT2D eigenvalue weighted by molar-refractivity contribution is 9.10. The second kappa shape index (κ2) is 6.25. The molecule has 23 heavy (non-hydrogen) atoms. The van der Waals surface area contributed by atoms with Crippen molar-refractivity contribution in [2.75, 3.05) is 6.79 Å². The topological polar surface area (TPSA) is 87.9 Å². The van der Waals surface area contributed by atoms with E-state index in [2.05, 4.69) is 15.9 Å². The number of benzene rings is 2. The minimum atomic E-state index is -0.564. The van der Waals surface area contributed by atoms with E-state index in [1.165, 1.54) is 18.2 Å². The normalized spacial score (nSPS) is 12.0. The van der Waals surface area contributed by atoms with Gasteiger partial charge < -0.3 is 14.2 Å². The van der Waals surface area contributed by atoms with Gasteiger partial charge in [-0.2, -0.15) is 0 Å². The van der Waals surface area contributed by atoms with Crippen LogP contribution in [0.5, 0.6) is 17.2 Å². The Kier molecular flexibility index (Phi) is 4.16. The van der Waals surface area contributed by atoms with Crippen LogP contribution in [0.2, 0.25) is 0 Å². The Morgan fingerprint density at radius 3 is 2.70 bits per heavy atom. The molecule has 0 saturated carbocycles. The van der Waals surface area contributed by atoms with Gasteiger partial charge in [-0.3, -0.25) is 14.9 Å². The van der Waals surface area contributed by atoms with Gasteiger partial charge in [-0.1, -0.05) is 15.9 Å². The van der Waals surface area contributed by atoms with E-state index in [0.717, 1.165) is 10.0 Å². The van der Waals surface area contributed by atoms with Gasteiger partial charge in [0.2, 0.25) is 6.79 Å². The fourth-order valence-electron chi connectivity index (χ4n) is 2.10. The molecule has 0 aromatic heterocycles. The van der Waals surface area contributed by atoms with Gasteiger partial charge in [-0.05, 0) is 18.2 Å². The first-order valence-electron chi connectivity index (χ1n) is 6.53. The number of nitrogens with zero attached hydrogens (tertiary/aromatic N) is 1. The van der Waals surface area contributed by atoms with Crippen molar-refractivity contribution in [1.82, 2.24) is 0 Å². The number of hydrogen-bond donors (Lipinski definition) is 0. The lowest BCUT2D eigenvalue weighted by molar-refractivity contribution is -0.384. The molecule has 0 N–H and O–H groups in total.